The van der Waals surface area contributed by atoms with Gasteiger partial charge in [-0.15, -0.1) is 24.5 Å². The molecule has 0 saturated heterocycles. The van der Waals surface area contributed by atoms with Crippen molar-refractivity contribution in [2.75, 3.05) is 25.2 Å². The summed E-state index contributed by atoms with van der Waals surface area (Å²) >= 11 is 1.26. The normalized spacial score (nSPS) is 12.4. The maximum absolute atomic E-state index is 13.0. The molecule has 0 unspecified atom stereocenters. The quantitative estimate of drug-likeness (QED) is 0.344. The monoisotopic (exact) mass is 553 g/mol. The maximum atomic E-state index is 13.0. The number of primary amides is 1. The number of amides is 2. The number of nitrogens with two attached hydrogens (primary N) is 1. The largest absolute Gasteiger partial charge is 0.454 e. The first kappa shape index (κ1) is 27.1. The summed E-state index contributed by atoms with van der Waals surface area (Å²) in [6, 6.07) is 11.2. The van der Waals surface area contributed by atoms with E-state index in [4.69, 9.17) is 15.2 Å². The Morgan fingerprint density at radius 1 is 1.08 bits per heavy atom. The molecule has 3 N–H and O–H groups in total. The number of nitrogens with zero attached hydrogens (tertiary/aromatic N) is 1. The Labute approximate surface area is 225 Å². The Bertz CT molecular complexity index is 1500. The second kappa shape index (κ2) is 11.2. The summed E-state index contributed by atoms with van der Waals surface area (Å²) in [6.45, 7) is 9.40. The molecule has 38 heavy (non-hydrogen) atoms. The molecule has 0 bridgehead atoms. The number of ether oxygens (including phenoxy) is 2. The first-order chi connectivity index (χ1) is 18.1. The lowest BCUT2D eigenvalue weighted by atomic mass is 10.1. The van der Waals surface area contributed by atoms with Crippen LogP contribution in [0.25, 0.3) is 0 Å². The number of hydrogen-bond donors (Lipinski definition) is 2. The van der Waals surface area contributed by atoms with Gasteiger partial charge in [0.2, 0.25) is 16.8 Å². The number of carbonyl (C=O) groups is 2. The van der Waals surface area contributed by atoms with Crippen LogP contribution in [-0.2, 0) is 16.4 Å². The van der Waals surface area contributed by atoms with E-state index in [0.717, 1.165) is 10.4 Å². The lowest BCUT2D eigenvalue weighted by Gasteiger charge is -2.19. The fourth-order valence-corrected chi connectivity index (χ4v) is 6.63. The van der Waals surface area contributed by atoms with Crippen LogP contribution in [0, 0.1) is 6.92 Å². The third kappa shape index (κ3) is 5.49. The predicted octanol–water partition coefficient (Wildman–Crippen LogP) is 4.09. The molecule has 4 rings (SSSR count). The minimum absolute atomic E-state index is 0.0357. The Balaban J connectivity index is 1.55. The molecule has 0 radical (unpaired) electrons. The van der Waals surface area contributed by atoms with Gasteiger partial charge in [0.05, 0.1) is 10.5 Å². The Morgan fingerprint density at radius 2 is 1.74 bits per heavy atom. The van der Waals surface area contributed by atoms with Crippen LogP contribution in [0.3, 0.4) is 0 Å². The lowest BCUT2D eigenvalue weighted by molar-refractivity contribution is 0.100. The Morgan fingerprint density at radius 3 is 2.37 bits per heavy atom. The lowest BCUT2D eigenvalue weighted by Crippen LogP contribution is -2.31. The van der Waals surface area contributed by atoms with Crippen LogP contribution in [0.4, 0.5) is 5.00 Å². The standard InChI is InChI=1S/C27H27N3O6S2/c1-4-12-30(13-5-2)38(33,34)20-9-7-19(8-10-20)26(32)29-27-24(25(28)31)17(3)23(37-27)15-18-6-11-21-22(14-18)36-16-35-21/h4-11,14H,1-2,12-13,15-16H2,3H3,(H2,28,31)(H,29,32). The van der Waals surface area contributed by atoms with Crippen LogP contribution in [-0.4, -0.2) is 44.4 Å². The zero-order valence-electron chi connectivity index (χ0n) is 20.7. The molecule has 198 valence electrons. The molecular formula is C27H27N3O6S2. The minimum Gasteiger partial charge on any atom is -0.454 e. The van der Waals surface area contributed by atoms with Gasteiger partial charge >= 0.3 is 0 Å². The molecule has 1 aromatic heterocycles. The number of sulfonamides is 1. The number of anilines is 1. The van der Waals surface area contributed by atoms with Crippen LogP contribution in [0.1, 0.15) is 36.7 Å². The van der Waals surface area contributed by atoms with Gasteiger partial charge in [0.25, 0.3) is 11.8 Å². The van der Waals surface area contributed by atoms with Gasteiger partial charge in [0, 0.05) is 30.0 Å². The molecule has 11 heteroatoms. The number of fused-ring (bicyclic) bond motifs is 1. The van der Waals surface area contributed by atoms with E-state index in [1.54, 1.807) is 6.92 Å². The summed E-state index contributed by atoms with van der Waals surface area (Å²) in [6.07, 6.45) is 3.48. The molecule has 3 aromatic rings. The van der Waals surface area contributed by atoms with E-state index >= 15 is 0 Å². The van der Waals surface area contributed by atoms with Crippen molar-refractivity contribution in [1.29, 1.82) is 0 Å². The van der Waals surface area contributed by atoms with E-state index in [9.17, 15) is 18.0 Å². The molecule has 9 nitrogen and oxygen atoms in total. The Hall–Kier alpha value is -3.93. The molecule has 2 amide bonds. The van der Waals surface area contributed by atoms with E-state index < -0.39 is 21.8 Å². The topological polar surface area (TPSA) is 128 Å². The van der Waals surface area contributed by atoms with Crippen LogP contribution in [0.15, 0.2) is 72.7 Å². The summed E-state index contributed by atoms with van der Waals surface area (Å²) in [5, 5.41) is 3.10. The van der Waals surface area contributed by atoms with Crippen molar-refractivity contribution in [1.82, 2.24) is 4.31 Å². The van der Waals surface area contributed by atoms with E-state index in [-0.39, 0.29) is 35.9 Å². The van der Waals surface area contributed by atoms with Crippen molar-refractivity contribution in [3.05, 3.63) is 94.9 Å². The summed E-state index contributed by atoms with van der Waals surface area (Å²) in [5.41, 5.74) is 7.74. The van der Waals surface area contributed by atoms with Gasteiger partial charge in [-0.3, -0.25) is 9.59 Å². The number of hydrogen-bond acceptors (Lipinski definition) is 7. The zero-order valence-corrected chi connectivity index (χ0v) is 22.4. The van der Waals surface area contributed by atoms with Crippen LogP contribution >= 0.6 is 11.3 Å². The molecule has 0 fully saturated rings. The van der Waals surface area contributed by atoms with Crippen molar-refractivity contribution in [2.24, 2.45) is 5.73 Å². The number of nitrogens with one attached hydrogen (secondary N) is 1. The van der Waals surface area contributed by atoms with E-state index in [1.807, 2.05) is 18.2 Å². The van der Waals surface area contributed by atoms with Gasteiger partial charge in [-0.05, 0) is 54.4 Å². The highest BCUT2D eigenvalue weighted by molar-refractivity contribution is 7.89. The summed E-state index contributed by atoms with van der Waals surface area (Å²) in [7, 11) is -3.80. The number of thiophene rings is 1. The molecule has 2 heterocycles. The molecular weight excluding hydrogens is 526 g/mol. The smallest absolute Gasteiger partial charge is 0.256 e. The fraction of sp³-hybridized carbons (Fsp3) is 0.185. The molecule has 0 spiro atoms. The second-order valence-corrected chi connectivity index (χ2v) is 11.5. The fourth-order valence-electron chi connectivity index (χ4n) is 4.01. The first-order valence-corrected chi connectivity index (χ1v) is 13.8. The average Bonchev–Trinajstić information content (AvgIpc) is 3.47. The van der Waals surface area contributed by atoms with Gasteiger partial charge in [0.1, 0.15) is 5.00 Å². The van der Waals surface area contributed by atoms with Crippen LogP contribution in [0.2, 0.25) is 0 Å². The summed E-state index contributed by atoms with van der Waals surface area (Å²) in [5.74, 6) is 0.177. The van der Waals surface area contributed by atoms with Gasteiger partial charge in [-0.25, -0.2) is 8.42 Å². The minimum atomic E-state index is -3.80. The highest BCUT2D eigenvalue weighted by Gasteiger charge is 2.24. The summed E-state index contributed by atoms with van der Waals surface area (Å²) in [4.78, 5) is 26.2. The maximum Gasteiger partial charge on any atom is 0.256 e. The number of benzene rings is 2. The predicted molar refractivity (Wildman–Crippen MR) is 146 cm³/mol. The second-order valence-electron chi connectivity index (χ2n) is 8.46. The molecule has 1 aliphatic rings. The average molecular weight is 554 g/mol. The molecule has 0 aliphatic carbocycles. The SMILES string of the molecule is C=CCN(CC=C)S(=O)(=O)c1ccc(C(=O)Nc2sc(Cc3ccc4c(c3)OCO4)c(C)c2C(N)=O)cc1. The molecule has 0 saturated carbocycles. The molecule has 1 aliphatic heterocycles. The number of rotatable bonds is 11. The third-order valence-electron chi connectivity index (χ3n) is 5.94. The van der Waals surface area contributed by atoms with Gasteiger partial charge < -0.3 is 20.5 Å². The highest BCUT2D eigenvalue weighted by atomic mass is 32.2. The highest BCUT2D eigenvalue weighted by Crippen LogP contribution is 2.37. The third-order valence-corrected chi connectivity index (χ3v) is 8.99. The van der Waals surface area contributed by atoms with Crippen molar-refractivity contribution in [2.45, 2.75) is 18.2 Å². The molecule has 2 aromatic carbocycles. The van der Waals surface area contributed by atoms with Crippen molar-refractivity contribution in [3.63, 3.8) is 0 Å². The van der Waals surface area contributed by atoms with E-state index in [2.05, 4.69) is 18.5 Å². The number of carbonyl (C=O) groups excluding carboxylic acids is 2. The van der Waals surface area contributed by atoms with Gasteiger partial charge in [-0.2, -0.15) is 4.31 Å². The van der Waals surface area contributed by atoms with Crippen molar-refractivity contribution in [3.8, 4) is 11.5 Å². The first-order valence-electron chi connectivity index (χ1n) is 11.6. The van der Waals surface area contributed by atoms with Crippen LogP contribution in [0.5, 0.6) is 11.5 Å². The van der Waals surface area contributed by atoms with Crippen molar-refractivity contribution < 1.29 is 27.5 Å². The van der Waals surface area contributed by atoms with Gasteiger partial charge in [0.15, 0.2) is 11.5 Å². The van der Waals surface area contributed by atoms with Gasteiger partial charge in [-0.1, -0.05) is 18.2 Å². The zero-order chi connectivity index (χ0) is 27.4. The molecule has 0 atom stereocenters. The van der Waals surface area contributed by atoms with E-state index in [0.29, 0.717) is 28.5 Å². The van der Waals surface area contributed by atoms with Crippen LogP contribution < -0.4 is 20.5 Å². The van der Waals surface area contributed by atoms with E-state index in [1.165, 1.54) is 52.1 Å². The van der Waals surface area contributed by atoms with Crippen molar-refractivity contribution >= 4 is 38.2 Å². The Kier molecular flexibility index (Phi) is 8.00. The summed E-state index contributed by atoms with van der Waals surface area (Å²) < 4.78 is 37.9.